The van der Waals surface area contributed by atoms with E-state index in [1.165, 1.54) is 0 Å². The first-order valence-corrected chi connectivity index (χ1v) is 9.15. The number of aryl methyl sites for hydroxylation is 2. The van der Waals surface area contributed by atoms with Crippen LogP contribution in [0.4, 0.5) is 0 Å². The van der Waals surface area contributed by atoms with Crippen LogP contribution in [0.2, 0.25) is 0 Å². The summed E-state index contributed by atoms with van der Waals surface area (Å²) in [6.45, 7) is 9.51. The zero-order valence-corrected chi connectivity index (χ0v) is 19.1. The van der Waals surface area contributed by atoms with E-state index in [9.17, 15) is 9.59 Å². The molecular weight excluding hydrogens is 413 g/mol. The minimum absolute atomic E-state index is 0. The first-order chi connectivity index (χ1) is 12.7. The normalized spacial score (nSPS) is 12.4. The Kier molecular flexibility index (Phi) is 11.0. The molecule has 2 atom stereocenters. The Morgan fingerprint density at radius 2 is 1.69 bits per heavy atom. The smallest absolute Gasteiger partial charge is 0.239 e. The number of carbonyl (C=O) groups excluding carboxylic acids is 2. The fourth-order valence-corrected chi connectivity index (χ4v) is 2.76. The van der Waals surface area contributed by atoms with Crippen molar-refractivity contribution in [2.45, 2.75) is 46.7 Å². The van der Waals surface area contributed by atoms with Crippen LogP contribution < -0.4 is 16.4 Å². The van der Waals surface area contributed by atoms with Crippen molar-refractivity contribution < 1.29 is 9.59 Å². The van der Waals surface area contributed by atoms with Crippen LogP contribution in [0.5, 0.6) is 0 Å². The van der Waals surface area contributed by atoms with Crippen molar-refractivity contribution >= 4 is 36.6 Å². The Balaban J connectivity index is 0.00000392. The van der Waals surface area contributed by atoms with Gasteiger partial charge in [-0.25, -0.2) is 4.68 Å². The number of rotatable bonds is 7. The summed E-state index contributed by atoms with van der Waals surface area (Å²) in [4.78, 5) is 23.9. The molecule has 1 heterocycles. The number of nitrogens with two attached hydrogens (primary N) is 1. The van der Waals surface area contributed by atoms with Crippen LogP contribution in [0, 0.1) is 19.8 Å². The molecule has 0 radical (unpaired) electrons. The third-order valence-corrected chi connectivity index (χ3v) is 4.47. The predicted molar refractivity (Wildman–Crippen MR) is 120 cm³/mol. The van der Waals surface area contributed by atoms with Gasteiger partial charge >= 0.3 is 0 Å². The zero-order chi connectivity index (χ0) is 20.1. The van der Waals surface area contributed by atoms with Crippen molar-refractivity contribution in [1.29, 1.82) is 0 Å². The van der Waals surface area contributed by atoms with Crippen molar-refractivity contribution in [2.24, 2.45) is 11.7 Å². The van der Waals surface area contributed by atoms with Crippen molar-refractivity contribution in [3.8, 4) is 5.69 Å². The maximum absolute atomic E-state index is 12.1. The van der Waals surface area contributed by atoms with Gasteiger partial charge in [-0.05, 0) is 50.5 Å². The van der Waals surface area contributed by atoms with E-state index in [0.717, 1.165) is 22.6 Å². The standard InChI is InChI=1S/C20H29N5O2.2ClH/c1-12(2)19(21)20(27)22-11-18(26)23-15(5)16-6-8-17(9-7-16)25-14(4)10-13(3)24-25;;/h6-10,12,15,19H,11,21H2,1-5H3,(H,22,27)(H,23,26);2*1H/t15?,19-;;/m0../s1. The van der Waals surface area contributed by atoms with E-state index in [1.54, 1.807) is 0 Å². The molecular formula is C20H31Cl2N5O2. The first kappa shape index (κ1) is 26.9. The van der Waals surface area contributed by atoms with Gasteiger partial charge in [-0.3, -0.25) is 9.59 Å². The van der Waals surface area contributed by atoms with Crippen LogP contribution in [0.15, 0.2) is 30.3 Å². The monoisotopic (exact) mass is 443 g/mol. The van der Waals surface area contributed by atoms with Gasteiger partial charge in [0.1, 0.15) is 0 Å². The average molecular weight is 444 g/mol. The van der Waals surface area contributed by atoms with Gasteiger partial charge in [0, 0.05) is 5.69 Å². The minimum atomic E-state index is -0.614. The Labute approximate surface area is 184 Å². The van der Waals surface area contributed by atoms with Gasteiger partial charge in [0.15, 0.2) is 0 Å². The summed E-state index contributed by atoms with van der Waals surface area (Å²) in [5, 5.41) is 9.92. The summed E-state index contributed by atoms with van der Waals surface area (Å²) in [5.41, 5.74) is 9.74. The molecule has 9 heteroatoms. The van der Waals surface area contributed by atoms with E-state index in [4.69, 9.17) is 5.73 Å². The van der Waals surface area contributed by atoms with E-state index in [1.807, 2.05) is 69.6 Å². The zero-order valence-electron chi connectivity index (χ0n) is 17.4. The van der Waals surface area contributed by atoms with Crippen LogP contribution >= 0.6 is 24.8 Å². The number of benzene rings is 1. The number of nitrogens with zero attached hydrogens (tertiary/aromatic N) is 2. The van der Waals surface area contributed by atoms with Crippen molar-refractivity contribution in [3.63, 3.8) is 0 Å². The maximum atomic E-state index is 12.1. The highest BCUT2D eigenvalue weighted by atomic mass is 35.5. The van der Waals surface area contributed by atoms with Crippen LogP contribution in [0.25, 0.3) is 5.69 Å². The average Bonchev–Trinajstić information content (AvgIpc) is 2.97. The van der Waals surface area contributed by atoms with E-state index in [0.29, 0.717) is 0 Å². The van der Waals surface area contributed by atoms with E-state index in [-0.39, 0.29) is 55.1 Å². The summed E-state index contributed by atoms with van der Waals surface area (Å²) < 4.78 is 1.88. The van der Waals surface area contributed by atoms with Gasteiger partial charge in [0.2, 0.25) is 11.8 Å². The number of hydrogen-bond acceptors (Lipinski definition) is 4. The highest BCUT2D eigenvalue weighted by Gasteiger charge is 2.18. The molecule has 1 unspecified atom stereocenters. The van der Waals surface area contributed by atoms with Crippen LogP contribution in [0.3, 0.4) is 0 Å². The molecule has 0 aliphatic carbocycles. The molecule has 0 aliphatic rings. The number of amides is 2. The summed E-state index contributed by atoms with van der Waals surface area (Å²) in [6.07, 6.45) is 0. The molecule has 0 fully saturated rings. The van der Waals surface area contributed by atoms with E-state index in [2.05, 4.69) is 15.7 Å². The third-order valence-electron chi connectivity index (χ3n) is 4.47. The molecule has 1 aromatic heterocycles. The van der Waals surface area contributed by atoms with Gasteiger partial charge < -0.3 is 16.4 Å². The lowest BCUT2D eigenvalue weighted by molar-refractivity contribution is -0.127. The van der Waals surface area contributed by atoms with Gasteiger partial charge in [-0.15, -0.1) is 24.8 Å². The lowest BCUT2D eigenvalue weighted by Crippen LogP contribution is -2.47. The van der Waals surface area contributed by atoms with Crippen molar-refractivity contribution in [2.75, 3.05) is 6.54 Å². The summed E-state index contributed by atoms with van der Waals surface area (Å²) in [6, 6.07) is 9.10. The van der Waals surface area contributed by atoms with Gasteiger partial charge in [-0.2, -0.15) is 5.10 Å². The third kappa shape index (κ3) is 7.34. The molecule has 0 saturated heterocycles. The molecule has 2 amide bonds. The number of aromatic nitrogens is 2. The Morgan fingerprint density at radius 3 is 2.17 bits per heavy atom. The molecule has 7 nitrogen and oxygen atoms in total. The second kappa shape index (κ2) is 11.8. The molecule has 29 heavy (non-hydrogen) atoms. The minimum Gasteiger partial charge on any atom is -0.348 e. The lowest BCUT2D eigenvalue weighted by Gasteiger charge is -2.17. The van der Waals surface area contributed by atoms with Gasteiger partial charge in [0.25, 0.3) is 0 Å². The molecule has 2 aromatic rings. The lowest BCUT2D eigenvalue weighted by atomic mass is 10.1. The number of hydrogen-bond donors (Lipinski definition) is 3. The van der Waals surface area contributed by atoms with Crippen molar-refractivity contribution in [3.05, 3.63) is 47.3 Å². The quantitative estimate of drug-likeness (QED) is 0.611. The molecule has 0 aliphatic heterocycles. The SMILES string of the molecule is Cc1cc(C)n(-c2ccc(C(C)NC(=O)CNC(=O)[C@@H](N)C(C)C)cc2)n1.Cl.Cl. The summed E-state index contributed by atoms with van der Waals surface area (Å²) in [5.74, 6) is -0.552. The molecule has 0 saturated carbocycles. The Morgan fingerprint density at radius 1 is 1.10 bits per heavy atom. The Bertz CT molecular complexity index is 806. The topological polar surface area (TPSA) is 102 Å². The molecule has 0 spiro atoms. The second-order valence-corrected chi connectivity index (χ2v) is 7.21. The van der Waals surface area contributed by atoms with Crippen LogP contribution in [0.1, 0.15) is 43.8 Å². The fraction of sp³-hybridized carbons (Fsp3) is 0.450. The van der Waals surface area contributed by atoms with Crippen molar-refractivity contribution in [1.82, 2.24) is 20.4 Å². The number of carbonyl (C=O) groups is 2. The van der Waals surface area contributed by atoms with Crippen LogP contribution in [-0.2, 0) is 9.59 Å². The maximum Gasteiger partial charge on any atom is 0.239 e. The summed E-state index contributed by atoms with van der Waals surface area (Å²) in [7, 11) is 0. The molecule has 4 N–H and O–H groups in total. The molecule has 1 aromatic carbocycles. The van der Waals surface area contributed by atoms with E-state index >= 15 is 0 Å². The molecule has 2 rings (SSSR count). The van der Waals surface area contributed by atoms with Gasteiger partial charge in [-0.1, -0.05) is 26.0 Å². The summed E-state index contributed by atoms with van der Waals surface area (Å²) >= 11 is 0. The number of halogens is 2. The van der Waals surface area contributed by atoms with Crippen LogP contribution in [-0.4, -0.2) is 34.2 Å². The second-order valence-electron chi connectivity index (χ2n) is 7.21. The molecule has 0 bridgehead atoms. The predicted octanol–water partition coefficient (Wildman–Crippen LogP) is 2.61. The Hall–Kier alpha value is -2.09. The largest absolute Gasteiger partial charge is 0.348 e. The number of nitrogens with one attached hydrogen (secondary N) is 2. The first-order valence-electron chi connectivity index (χ1n) is 9.15. The fourth-order valence-electron chi connectivity index (χ4n) is 2.76. The highest BCUT2D eigenvalue weighted by Crippen LogP contribution is 2.17. The molecule has 162 valence electrons. The highest BCUT2D eigenvalue weighted by molar-refractivity contribution is 5.87. The van der Waals surface area contributed by atoms with E-state index < -0.39 is 6.04 Å². The van der Waals surface area contributed by atoms with Gasteiger partial charge in [0.05, 0.1) is 30.0 Å².